The molecule has 92 valence electrons. The lowest BCUT2D eigenvalue weighted by atomic mass is 10.3. The first-order valence-electron chi connectivity index (χ1n) is 5.66. The SMILES string of the molecule is Brc1cnc2nc(-c3nc4ccccc4s3)cn2c1. The van der Waals surface area contributed by atoms with Crippen molar-refractivity contribution in [2.45, 2.75) is 0 Å². The Morgan fingerprint density at radius 2 is 2.00 bits per heavy atom. The summed E-state index contributed by atoms with van der Waals surface area (Å²) in [7, 11) is 0. The molecular formula is C13H7BrN4S. The van der Waals surface area contributed by atoms with Crippen molar-refractivity contribution >= 4 is 43.3 Å². The van der Waals surface area contributed by atoms with Gasteiger partial charge in [0, 0.05) is 18.6 Å². The van der Waals surface area contributed by atoms with Crippen LogP contribution >= 0.6 is 27.3 Å². The first kappa shape index (κ1) is 11.1. The third-order valence-corrected chi connectivity index (χ3v) is 4.26. The average Bonchev–Trinajstić information content (AvgIpc) is 3.00. The Morgan fingerprint density at radius 1 is 1.11 bits per heavy atom. The van der Waals surface area contributed by atoms with Crippen molar-refractivity contribution in [3.63, 3.8) is 0 Å². The number of thiazole rings is 1. The lowest BCUT2D eigenvalue weighted by Crippen LogP contribution is -1.85. The number of rotatable bonds is 1. The molecule has 3 heterocycles. The van der Waals surface area contributed by atoms with Crippen LogP contribution < -0.4 is 0 Å². The number of benzene rings is 1. The summed E-state index contributed by atoms with van der Waals surface area (Å²) in [5.74, 6) is 0.678. The molecule has 0 aliphatic carbocycles. The Balaban J connectivity index is 1.93. The quantitative estimate of drug-likeness (QED) is 0.533. The fraction of sp³-hybridized carbons (Fsp3) is 0. The minimum absolute atomic E-state index is 0.678. The van der Waals surface area contributed by atoms with Gasteiger partial charge in [-0.15, -0.1) is 11.3 Å². The van der Waals surface area contributed by atoms with Crippen LogP contribution in [-0.2, 0) is 0 Å². The van der Waals surface area contributed by atoms with Gasteiger partial charge in [0.15, 0.2) is 0 Å². The number of hydrogen-bond donors (Lipinski definition) is 0. The Bertz CT molecular complexity index is 863. The second kappa shape index (κ2) is 4.11. The summed E-state index contributed by atoms with van der Waals surface area (Å²) in [6.45, 7) is 0. The van der Waals surface area contributed by atoms with Crippen molar-refractivity contribution in [2.75, 3.05) is 0 Å². The third kappa shape index (κ3) is 1.84. The molecule has 4 rings (SSSR count). The van der Waals surface area contributed by atoms with Gasteiger partial charge in [-0.05, 0) is 28.1 Å². The summed E-state index contributed by atoms with van der Waals surface area (Å²) >= 11 is 5.05. The fourth-order valence-electron chi connectivity index (χ4n) is 1.94. The number of imidazole rings is 1. The van der Waals surface area contributed by atoms with E-state index in [1.807, 2.05) is 35.0 Å². The van der Waals surface area contributed by atoms with Crippen molar-refractivity contribution < 1.29 is 0 Å². The Morgan fingerprint density at radius 3 is 2.89 bits per heavy atom. The highest BCUT2D eigenvalue weighted by Crippen LogP contribution is 2.29. The standard InChI is InChI=1S/C13H7BrN4S/c14-8-5-15-13-17-10(7-18(13)6-8)12-16-9-3-1-2-4-11(9)19-12/h1-7H. The molecular weight excluding hydrogens is 324 g/mol. The molecule has 0 bridgehead atoms. The van der Waals surface area contributed by atoms with Crippen LogP contribution in [0.5, 0.6) is 0 Å². The molecule has 19 heavy (non-hydrogen) atoms. The van der Waals surface area contributed by atoms with Crippen LogP contribution in [0.3, 0.4) is 0 Å². The minimum Gasteiger partial charge on any atom is -0.289 e. The monoisotopic (exact) mass is 330 g/mol. The number of aromatic nitrogens is 4. The topological polar surface area (TPSA) is 43.1 Å². The Kier molecular flexibility index (Phi) is 2.39. The maximum atomic E-state index is 4.60. The zero-order chi connectivity index (χ0) is 12.8. The first-order chi connectivity index (χ1) is 9.29. The Labute approximate surface area is 120 Å². The highest BCUT2D eigenvalue weighted by Gasteiger charge is 2.10. The molecule has 0 N–H and O–H groups in total. The van der Waals surface area contributed by atoms with Gasteiger partial charge >= 0.3 is 0 Å². The maximum Gasteiger partial charge on any atom is 0.234 e. The molecule has 0 fully saturated rings. The van der Waals surface area contributed by atoms with Crippen LogP contribution in [0.15, 0.2) is 47.3 Å². The number of halogens is 1. The summed E-state index contributed by atoms with van der Waals surface area (Å²) < 4.78 is 3.99. The highest BCUT2D eigenvalue weighted by atomic mass is 79.9. The predicted molar refractivity (Wildman–Crippen MR) is 79.3 cm³/mol. The van der Waals surface area contributed by atoms with Crippen LogP contribution in [-0.4, -0.2) is 19.4 Å². The van der Waals surface area contributed by atoms with Crippen LogP contribution in [0.2, 0.25) is 0 Å². The van der Waals surface area contributed by atoms with E-state index in [4.69, 9.17) is 0 Å². The smallest absolute Gasteiger partial charge is 0.234 e. The van der Waals surface area contributed by atoms with E-state index in [0.717, 1.165) is 20.7 Å². The van der Waals surface area contributed by atoms with Crippen molar-refractivity contribution in [3.05, 3.63) is 47.3 Å². The lowest BCUT2D eigenvalue weighted by molar-refractivity contribution is 1.10. The highest BCUT2D eigenvalue weighted by molar-refractivity contribution is 9.10. The molecule has 0 atom stereocenters. The van der Waals surface area contributed by atoms with Gasteiger partial charge in [0.25, 0.3) is 0 Å². The maximum absolute atomic E-state index is 4.60. The van der Waals surface area contributed by atoms with Crippen molar-refractivity contribution in [1.29, 1.82) is 0 Å². The van der Waals surface area contributed by atoms with Crippen molar-refractivity contribution in [2.24, 2.45) is 0 Å². The summed E-state index contributed by atoms with van der Waals surface area (Å²) in [6.07, 6.45) is 5.63. The average molecular weight is 331 g/mol. The molecule has 6 heteroatoms. The summed E-state index contributed by atoms with van der Waals surface area (Å²) in [6, 6.07) is 8.10. The van der Waals surface area contributed by atoms with Crippen LogP contribution in [0.4, 0.5) is 0 Å². The number of fused-ring (bicyclic) bond motifs is 2. The Hall–Kier alpha value is -1.79. The molecule has 0 aliphatic heterocycles. The van der Waals surface area contributed by atoms with Crippen molar-refractivity contribution in [3.8, 4) is 10.7 Å². The van der Waals surface area contributed by atoms with Crippen LogP contribution in [0.1, 0.15) is 0 Å². The molecule has 4 nitrogen and oxygen atoms in total. The van der Waals surface area contributed by atoms with Gasteiger partial charge in [-0.3, -0.25) is 4.40 Å². The van der Waals surface area contributed by atoms with E-state index in [0.29, 0.717) is 5.78 Å². The molecule has 1 aromatic carbocycles. The van der Waals surface area contributed by atoms with Gasteiger partial charge in [-0.1, -0.05) is 12.1 Å². The van der Waals surface area contributed by atoms with Crippen molar-refractivity contribution in [1.82, 2.24) is 19.4 Å². The van der Waals surface area contributed by atoms with E-state index in [1.54, 1.807) is 17.5 Å². The van der Waals surface area contributed by atoms with Gasteiger partial charge in [-0.25, -0.2) is 15.0 Å². The van der Waals surface area contributed by atoms with E-state index in [-0.39, 0.29) is 0 Å². The minimum atomic E-state index is 0.678. The molecule has 0 saturated carbocycles. The molecule has 3 aromatic heterocycles. The summed E-state index contributed by atoms with van der Waals surface area (Å²) in [4.78, 5) is 13.4. The van der Waals surface area contributed by atoms with Gasteiger partial charge in [0.05, 0.1) is 14.7 Å². The summed E-state index contributed by atoms with van der Waals surface area (Å²) in [5.41, 5.74) is 1.86. The molecule has 0 radical (unpaired) electrons. The fourth-order valence-corrected chi connectivity index (χ4v) is 3.19. The van der Waals surface area contributed by atoms with Gasteiger partial charge < -0.3 is 0 Å². The molecule has 4 aromatic rings. The first-order valence-corrected chi connectivity index (χ1v) is 7.27. The third-order valence-electron chi connectivity index (χ3n) is 2.79. The number of hydrogen-bond acceptors (Lipinski definition) is 4. The number of para-hydroxylation sites is 1. The van der Waals surface area contributed by atoms with E-state index in [9.17, 15) is 0 Å². The van der Waals surface area contributed by atoms with Gasteiger partial charge in [-0.2, -0.15) is 0 Å². The second-order valence-electron chi connectivity index (χ2n) is 4.09. The van der Waals surface area contributed by atoms with E-state index >= 15 is 0 Å². The molecule has 0 aliphatic rings. The van der Waals surface area contributed by atoms with E-state index < -0.39 is 0 Å². The summed E-state index contributed by atoms with van der Waals surface area (Å²) in [5, 5.41) is 0.919. The predicted octanol–water partition coefficient (Wildman–Crippen LogP) is 3.77. The zero-order valence-corrected chi connectivity index (χ0v) is 12.0. The normalized spacial score (nSPS) is 11.4. The molecule has 0 spiro atoms. The van der Waals surface area contributed by atoms with E-state index in [1.165, 1.54) is 4.70 Å². The van der Waals surface area contributed by atoms with Crippen LogP contribution in [0, 0.1) is 0 Å². The largest absolute Gasteiger partial charge is 0.289 e. The molecule has 0 unspecified atom stereocenters. The van der Waals surface area contributed by atoms with Gasteiger partial charge in [0.2, 0.25) is 5.78 Å². The number of nitrogens with zero attached hydrogens (tertiary/aromatic N) is 4. The van der Waals surface area contributed by atoms with E-state index in [2.05, 4.69) is 36.9 Å². The lowest BCUT2D eigenvalue weighted by Gasteiger charge is -1.90. The second-order valence-corrected chi connectivity index (χ2v) is 6.04. The van der Waals surface area contributed by atoms with Crippen LogP contribution in [0.25, 0.3) is 26.7 Å². The zero-order valence-electron chi connectivity index (χ0n) is 9.62. The molecule has 0 amide bonds. The molecule has 0 saturated heterocycles. The van der Waals surface area contributed by atoms with Gasteiger partial charge in [0.1, 0.15) is 10.7 Å².